The van der Waals surface area contributed by atoms with Gasteiger partial charge in [-0.05, 0) is 48.9 Å². The van der Waals surface area contributed by atoms with Crippen LogP contribution in [0.15, 0.2) is 46.0 Å². The molecule has 0 aliphatic carbocycles. The third-order valence-electron chi connectivity index (χ3n) is 4.89. The second kappa shape index (κ2) is 8.41. The van der Waals surface area contributed by atoms with Gasteiger partial charge in [0.05, 0.1) is 13.2 Å². The molecule has 0 spiro atoms. The molecule has 1 aromatic carbocycles. The number of sulfonamides is 1. The lowest BCUT2D eigenvalue weighted by Crippen LogP contribution is -2.43. The molecule has 0 radical (unpaired) electrons. The van der Waals surface area contributed by atoms with Crippen molar-refractivity contribution in [2.75, 3.05) is 20.2 Å². The number of carbonyl (C=O) groups is 1. The van der Waals surface area contributed by atoms with Gasteiger partial charge in [-0.1, -0.05) is 18.2 Å². The van der Waals surface area contributed by atoms with Crippen LogP contribution in [0.1, 0.15) is 31.4 Å². The van der Waals surface area contributed by atoms with Gasteiger partial charge in [0.1, 0.15) is 9.96 Å². The Bertz CT molecular complexity index is 856. The minimum atomic E-state index is -3.43. The topological polar surface area (TPSA) is 75.7 Å². The number of rotatable bonds is 6. The van der Waals surface area contributed by atoms with Crippen LogP contribution in [0, 0.1) is 5.92 Å². The van der Waals surface area contributed by atoms with E-state index in [-0.39, 0.29) is 17.9 Å². The largest absolute Gasteiger partial charge is 0.497 e. The van der Waals surface area contributed by atoms with Gasteiger partial charge < -0.3 is 10.1 Å². The third-order valence-corrected chi connectivity index (χ3v) is 8.16. The molecule has 1 fully saturated rings. The van der Waals surface area contributed by atoms with Crippen molar-refractivity contribution in [2.24, 2.45) is 5.92 Å². The highest BCUT2D eigenvalue weighted by Gasteiger charge is 2.32. The number of piperidine rings is 1. The average molecular weight is 409 g/mol. The lowest BCUT2D eigenvalue weighted by molar-refractivity contribution is -0.126. The van der Waals surface area contributed by atoms with Gasteiger partial charge in [-0.15, -0.1) is 11.3 Å². The van der Waals surface area contributed by atoms with Gasteiger partial charge >= 0.3 is 0 Å². The lowest BCUT2D eigenvalue weighted by Gasteiger charge is -2.30. The molecule has 1 aliphatic rings. The van der Waals surface area contributed by atoms with Crippen LogP contribution in [0.4, 0.5) is 0 Å². The zero-order valence-electron chi connectivity index (χ0n) is 15.4. The van der Waals surface area contributed by atoms with Crippen molar-refractivity contribution in [1.82, 2.24) is 9.62 Å². The van der Waals surface area contributed by atoms with E-state index in [9.17, 15) is 13.2 Å². The normalized spacial score (nSPS) is 17.4. The molecular weight excluding hydrogens is 384 g/mol. The summed E-state index contributed by atoms with van der Waals surface area (Å²) in [6, 6.07) is 10.8. The van der Waals surface area contributed by atoms with E-state index in [0.29, 0.717) is 30.1 Å². The van der Waals surface area contributed by atoms with Gasteiger partial charge in [0.25, 0.3) is 10.0 Å². The number of ether oxygens (including phenoxy) is 1. The average Bonchev–Trinajstić information content (AvgIpc) is 3.24. The summed E-state index contributed by atoms with van der Waals surface area (Å²) in [5.74, 6) is 0.587. The van der Waals surface area contributed by atoms with Gasteiger partial charge in [0.15, 0.2) is 0 Å². The van der Waals surface area contributed by atoms with Crippen molar-refractivity contribution in [1.29, 1.82) is 0 Å². The molecule has 1 atom stereocenters. The summed E-state index contributed by atoms with van der Waals surface area (Å²) in [5.41, 5.74) is 1.00. The first-order valence-electron chi connectivity index (χ1n) is 8.90. The number of nitrogens with zero attached hydrogens (tertiary/aromatic N) is 1. The molecule has 2 aromatic rings. The molecule has 146 valence electrons. The molecule has 1 aliphatic heterocycles. The smallest absolute Gasteiger partial charge is 0.252 e. The zero-order chi connectivity index (χ0) is 19.4. The Morgan fingerprint density at radius 1 is 1.22 bits per heavy atom. The Balaban J connectivity index is 1.55. The SMILES string of the molecule is COc1ccc(C(C)NC(=O)C2CCN(S(=O)(=O)c3cccs3)CC2)cc1. The molecule has 2 heterocycles. The minimum absolute atomic E-state index is 0.0218. The van der Waals surface area contributed by atoms with Crippen molar-refractivity contribution in [3.8, 4) is 5.75 Å². The quantitative estimate of drug-likeness (QED) is 0.797. The molecule has 0 saturated carbocycles. The fraction of sp³-hybridized carbons (Fsp3) is 0.421. The Morgan fingerprint density at radius 2 is 1.89 bits per heavy atom. The van der Waals surface area contributed by atoms with Gasteiger partial charge in [-0.3, -0.25) is 4.79 Å². The van der Waals surface area contributed by atoms with Gasteiger partial charge in [0, 0.05) is 19.0 Å². The summed E-state index contributed by atoms with van der Waals surface area (Å²) >= 11 is 1.22. The summed E-state index contributed by atoms with van der Waals surface area (Å²) in [7, 11) is -1.82. The molecular formula is C19H24N2O4S2. The van der Waals surface area contributed by atoms with E-state index in [1.54, 1.807) is 24.6 Å². The van der Waals surface area contributed by atoms with Gasteiger partial charge in [0.2, 0.25) is 5.91 Å². The van der Waals surface area contributed by atoms with Gasteiger partial charge in [-0.2, -0.15) is 4.31 Å². The molecule has 1 unspecified atom stereocenters. The number of methoxy groups -OCH3 is 1. The minimum Gasteiger partial charge on any atom is -0.497 e. The van der Waals surface area contributed by atoms with E-state index in [2.05, 4.69) is 5.32 Å². The van der Waals surface area contributed by atoms with Crippen LogP contribution in [0.25, 0.3) is 0 Å². The first-order chi connectivity index (χ1) is 12.9. The number of amides is 1. The predicted molar refractivity (Wildman–Crippen MR) is 105 cm³/mol. The van der Waals surface area contributed by atoms with Crippen molar-refractivity contribution >= 4 is 27.3 Å². The summed E-state index contributed by atoms with van der Waals surface area (Å²) in [6.45, 7) is 2.68. The van der Waals surface area contributed by atoms with Crippen LogP contribution in [-0.4, -0.2) is 38.8 Å². The van der Waals surface area contributed by atoms with Crippen LogP contribution in [0.2, 0.25) is 0 Å². The van der Waals surface area contributed by atoms with E-state index in [4.69, 9.17) is 4.74 Å². The predicted octanol–water partition coefficient (Wildman–Crippen LogP) is 3.03. The van der Waals surface area contributed by atoms with Crippen LogP contribution in [-0.2, 0) is 14.8 Å². The van der Waals surface area contributed by atoms with E-state index in [0.717, 1.165) is 11.3 Å². The van der Waals surface area contributed by atoms with E-state index in [1.807, 2.05) is 31.2 Å². The molecule has 1 amide bonds. The van der Waals surface area contributed by atoms with Crippen LogP contribution in [0.3, 0.4) is 0 Å². The number of hydrogen-bond donors (Lipinski definition) is 1. The molecule has 1 saturated heterocycles. The number of hydrogen-bond acceptors (Lipinski definition) is 5. The van der Waals surface area contributed by atoms with Gasteiger partial charge in [-0.25, -0.2) is 8.42 Å². The second-order valence-electron chi connectivity index (χ2n) is 6.61. The molecule has 1 aromatic heterocycles. The molecule has 0 bridgehead atoms. The monoisotopic (exact) mass is 408 g/mol. The molecule has 27 heavy (non-hydrogen) atoms. The van der Waals surface area contributed by atoms with Crippen molar-refractivity contribution in [2.45, 2.75) is 30.0 Å². The maximum absolute atomic E-state index is 12.6. The van der Waals surface area contributed by atoms with Crippen molar-refractivity contribution < 1.29 is 17.9 Å². The molecule has 8 heteroatoms. The number of thiophene rings is 1. The zero-order valence-corrected chi connectivity index (χ0v) is 17.1. The molecule has 6 nitrogen and oxygen atoms in total. The standard InChI is InChI=1S/C19H24N2O4S2/c1-14(15-5-7-17(25-2)8-6-15)20-19(22)16-9-11-21(12-10-16)27(23,24)18-4-3-13-26-18/h3-8,13-14,16H,9-12H2,1-2H3,(H,20,22). The maximum atomic E-state index is 12.6. The summed E-state index contributed by atoms with van der Waals surface area (Å²) in [4.78, 5) is 12.6. The second-order valence-corrected chi connectivity index (χ2v) is 9.73. The first-order valence-corrected chi connectivity index (χ1v) is 11.2. The van der Waals surface area contributed by atoms with E-state index in [1.165, 1.54) is 15.6 Å². The lowest BCUT2D eigenvalue weighted by atomic mass is 9.96. The fourth-order valence-corrected chi connectivity index (χ4v) is 5.82. The molecule has 1 N–H and O–H groups in total. The highest BCUT2D eigenvalue weighted by Crippen LogP contribution is 2.27. The first kappa shape index (κ1) is 19.9. The number of carbonyl (C=O) groups excluding carboxylic acids is 1. The number of nitrogens with one attached hydrogen (secondary N) is 1. The third kappa shape index (κ3) is 4.51. The fourth-order valence-electron chi connectivity index (χ4n) is 3.20. The highest BCUT2D eigenvalue weighted by atomic mass is 32.2. The van der Waals surface area contributed by atoms with Crippen molar-refractivity contribution in [3.63, 3.8) is 0 Å². The highest BCUT2D eigenvalue weighted by molar-refractivity contribution is 7.91. The van der Waals surface area contributed by atoms with Crippen molar-refractivity contribution in [3.05, 3.63) is 47.3 Å². The van der Waals surface area contributed by atoms with Crippen LogP contribution < -0.4 is 10.1 Å². The molecule has 3 rings (SSSR count). The number of benzene rings is 1. The Kier molecular flexibility index (Phi) is 6.18. The maximum Gasteiger partial charge on any atom is 0.252 e. The summed E-state index contributed by atoms with van der Waals surface area (Å²) in [6.07, 6.45) is 1.07. The summed E-state index contributed by atoms with van der Waals surface area (Å²) < 4.78 is 32.1. The Morgan fingerprint density at radius 3 is 2.44 bits per heavy atom. The van der Waals surface area contributed by atoms with Crippen LogP contribution >= 0.6 is 11.3 Å². The van der Waals surface area contributed by atoms with E-state index < -0.39 is 10.0 Å². The summed E-state index contributed by atoms with van der Waals surface area (Å²) in [5, 5.41) is 4.80. The van der Waals surface area contributed by atoms with E-state index >= 15 is 0 Å². The Labute approximate surface area is 164 Å². The van der Waals surface area contributed by atoms with Crippen LogP contribution in [0.5, 0.6) is 5.75 Å². The Hall–Kier alpha value is -1.90.